The Bertz CT molecular complexity index is 320. The molecule has 0 bridgehead atoms. The van der Waals surface area contributed by atoms with E-state index in [0.717, 1.165) is 24.7 Å². The van der Waals surface area contributed by atoms with E-state index in [4.69, 9.17) is 10.5 Å². The number of primary amides is 1. The van der Waals surface area contributed by atoms with Crippen molar-refractivity contribution < 1.29 is 9.53 Å². The molecule has 1 amide bonds. The number of rotatable bonds is 7. The number of carbonyl (C=O) groups excluding carboxylic acids is 1. The van der Waals surface area contributed by atoms with E-state index in [9.17, 15) is 4.79 Å². The summed E-state index contributed by atoms with van der Waals surface area (Å²) in [5, 5.41) is 3.25. The van der Waals surface area contributed by atoms with E-state index in [1.165, 1.54) is 6.42 Å². The second-order valence-corrected chi connectivity index (χ2v) is 7.01. The summed E-state index contributed by atoms with van der Waals surface area (Å²) in [7, 11) is 0. The zero-order valence-corrected chi connectivity index (χ0v) is 13.7. The Hall–Kier alpha value is -0.610. The highest BCUT2D eigenvalue weighted by molar-refractivity contribution is 5.84. The van der Waals surface area contributed by atoms with E-state index in [1.54, 1.807) is 0 Å². The van der Waals surface area contributed by atoms with E-state index < -0.39 is 5.54 Å². The van der Waals surface area contributed by atoms with Crippen molar-refractivity contribution in [3.05, 3.63) is 0 Å². The number of nitrogens with one attached hydrogen (secondary N) is 1. The maximum atomic E-state index is 11.6. The number of hydrogen-bond donors (Lipinski definition) is 2. The van der Waals surface area contributed by atoms with Gasteiger partial charge in [0, 0.05) is 12.6 Å². The van der Waals surface area contributed by atoms with Crippen molar-refractivity contribution in [2.24, 2.45) is 17.6 Å². The maximum absolute atomic E-state index is 11.6. The molecule has 118 valence electrons. The van der Waals surface area contributed by atoms with Gasteiger partial charge in [0.25, 0.3) is 0 Å². The zero-order valence-electron chi connectivity index (χ0n) is 13.7. The Morgan fingerprint density at radius 1 is 1.35 bits per heavy atom. The smallest absolute Gasteiger partial charge is 0.237 e. The number of hydrogen-bond acceptors (Lipinski definition) is 3. The summed E-state index contributed by atoms with van der Waals surface area (Å²) in [6, 6.07) is 0.225. The van der Waals surface area contributed by atoms with E-state index in [1.807, 2.05) is 20.8 Å². The predicted octanol–water partition coefficient (Wildman–Crippen LogP) is 2.46. The van der Waals surface area contributed by atoms with Gasteiger partial charge in [0.15, 0.2) is 0 Å². The van der Waals surface area contributed by atoms with Crippen LogP contribution in [-0.2, 0) is 9.53 Å². The van der Waals surface area contributed by atoms with Crippen LogP contribution in [-0.4, -0.2) is 30.2 Å². The molecular weight excluding hydrogens is 252 g/mol. The third-order valence-corrected chi connectivity index (χ3v) is 4.66. The van der Waals surface area contributed by atoms with Crippen LogP contribution < -0.4 is 11.1 Å². The molecule has 4 atom stereocenters. The molecule has 0 aliphatic heterocycles. The molecule has 1 saturated carbocycles. The Morgan fingerprint density at radius 3 is 2.50 bits per heavy atom. The maximum Gasteiger partial charge on any atom is 0.237 e. The minimum Gasteiger partial charge on any atom is -0.378 e. The van der Waals surface area contributed by atoms with Crippen molar-refractivity contribution in [3.8, 4) is 0 Å². The molecular formula is C16H32N2O2. The Balaban J connectivity index is 2.39. The lowest BCUT2D eigenvalue weighted by molar-refractivity contribution is -0.125. The normalized spacial score (nSPS) is 30.2. The third-order valence-electron chi connectivity index (χ3n) is 4.66. The van der Waals surface area contributed by atoms with Crippen LogP contribution in [0.15, 0.2) is 0 Å². The van der Waals surface area contributed by atoms with Crippen LogP contribution in [0.2, 0.25) is 0 Å². The number of carbonyl (C=O) groups is 1. The molecule has 0 aromatic carbocycles. The molecule has 0 saturated heterocycles. The quantitative estimate of drug-likeness (QED) is 0.755. The highest BCUT2D eigenvalue weighted by Gasteiger charge is 2.32. The van der Waals surface area contributed by atoms with Crippen LogP contribution >= 0.6 is 0 Å². The van der Waals surface area contributed by atoms with Gasteiger partial charge >= 0.3 is 0 Å². The highest BCUT2D eigenvalue weighted by atomic mass is 16.5. The Labute approximate surface area is 123 Å². The molecule has 3 N–H and O–H groups in total. The lowest BCUT2D eigenvalue weighted by Crippen LogP contribution is -2.56. The number of nitrogens with two attached hydrogens (primary N) is 1. The van der Waals surface area contributed by atoms with Crippen LogP contribution in [0.25, 0.3) is 0 Å². The minimum atomic E-state index is -0.679. The summed E-state index contributed by atoms with van der Waals surface area (Å²) >= 11 is 0. The molecule has 4 nitrogen and oxygen atoms in total. The number of ether oxygens (including phenoxy) is 1. The first kappa shape index (κ1) is 17.4. The predicted molar refractivity (Wildman–Crippen MR) is 82.4 cm³/mol. The highest BCUT2D eigenvalue weighted by Crippen LogP contribution is 2.31. The average molecular weight is 284 g/mol. The molecule has 1 fully saturated rings. The monoisotopic (exact) mass is 284 g/mol. The largest absolute Gasteiger partial charge is 0.378 e. The summed E-state index contributed by atoms with van der Waals surface area (Å²) < 4.78 is 5.98. The van der Waals surface area contributed by atoms with Gasteiger partial charge in [-0.2, -0.15) is 0 Å². The topological polar surface area (TPSA) is 64.3 Å². The van der Waals surface area contributed by atoms with Crippen molar-refractivity contribution >= 4 is 5.91 Å². The van der Waals surface area contributed by atoms with Gasteiger partial charge in [-0.1, -0.05) is 13.8 Å². The second-order valence-electron chi connectivity index (χ2n) is 7.01. The fourth-order valence-electron chi connectivity index (χ4n) is 2.98. The van der Waals surface area contributed by atoms with Gasteiger partial charge in [0.05, 0.1) is 11.6 Å². The number of amides is 1. The van der Waals surface area contributed by atoms with E-state index in [2.05, 4.69) is 19.2 Å². The summed E-state index contributed by atoms with van der Waals surface area (Å²) in [6.07, 6.45) is 4.48. The minimum absolute atomic E-state index is 0.225. The fourth-order valence-corrected chi connectivity index (χ4v) is 2.98. The summed E-state index contributed by atoms with van der Waals surface area (Å²) in [5.41, 5.74) is 4.84. The first-order chi connectivity index (χ1) is 9.24. The van der Waals surface area contributed by atoms with E-state index in [0.29, 0.717) is 19.1 Å². The van der Waals surface area contributed by atoms with Gasteiger partial charge in [0.2, 0.25) is 5.91 Å². The first-order valence-electron chi connectivity index (χ1n) is 7.94. The molecule has 0 spiro atoms. The van der Waals surface area contributed by atoms with Crippen molar-refractivity contribution in [1.82, 2.24) is 5.32 Å². The summed E-state index contributed by atoms with van der Waals surface area (Å²) in [6.45, 7) is 11.1. The second kappa shape index (κ2) is 7.41. The molecule has 0 heterocycles. The van der Waals surface area contributed by atoms with Crippen LogP contribution in [0.3, 0.4) is 0 Å². The lowest BCUT2D eigenvalue weighted by atomic mass is 9.80. The Morgan fingerprint density at radius 2 is 2.00 bits per heavy atom. The summed E-state index contributed by atoms with van der Waals surface area (Å²) in [5.74, 6) is 1.22. The van der Waals surface area contributed by atoms with Gasteiger partial charge in [-0.3, -0.25) is 4.79 Å². The molecule has 0 radical (unpaired) electrons. The summed E-state index contributed by atoms with van der Waals surface area (Å²) in [4.78, 5) is 11.6. The van der Waals surface area contributed by atoms with Crippen molar-refractivity contribution in [2.45, 2.75) is 78.0 Å². The standard InChI is InChI=1S/C16H32N2O2/c1-11(2)18-16(5,15(17)19)8-9-20-14-7-6-12(3)13(4)10-14/h11-14,18H,6-10H2,1-5H3,(H2,17,19). The molecule has 4 unspecified atom stereocenters. The lowest BCUT2D eigenvalue weighted by Gasteiger charge is -2.34. The van der Waals surface area contributed by atoms with Crippen molar-refractivity contribution in [2.75, 3.05) is 6.61 Å². The van der Waals surface area contributed by atoms with Crippen molar-refractivity contribution in [3.63, 3.8) is 0 Å². The third kappa shape index (κ3) is 5.06. The van der Waals surface area contributed by atoms with Crippen LogP contribution in [0.1, 0.15) is 60.3 Å². The zero-order chi connectivity index (χ0) is 15.3. The molecule has 0 aromatic heterocycles. The van der Waals surface area contributed by atoms with Gasteiger partial charge in [-0.15, -0.1) is 0 Å². The van der Waals surface area contributed by atoms with Gasteiger partial charge in [-0.05, 0) is 58.3 Å². The van der Waals surface area contributed by atoms with Gasteiger partial charge < -0.3 is 15.8 Å². The molecule has 1 aliphatic rings. The van der Waals surface area contributed by atoms with Gasteiger partial charge in [0.1, 0.15) is 0 Å². The molecule has 20 heavy (non-hydrogen) atoms. The Kier molecular flexibility index (Phi) is 6.46. The molecule has 0 aromatic rings. The first-order valence-corrected chi connectivity index (χ1v) is 7.94. The van der Waals surface area contributed by atoms with E-state index >= 15 is 0 Å². The van der Waals surface area contributed by atoms with Crippen LogP contribution in [0.5, 0.6) is 0 Å². The van der Waals surface area contributed by atoms with Crippen LogP contribution in [0.4, 0.5) is 0 Å². The molecule has 1 aliphatic carbocycles. The average Bonchev–Trinajstić information content (AvgIpc) is 2.32. The van der Waals surface area contributed by atoms with Crippen LogP contribution in [0, 0.1) is 11.8 Å². The van der Waals surface area contributed by atoms with Gasteiger partial charge in [-0.25, -0.2) is 0 Å². The molecule has 4 heteroatoms. The SMILES string of the molecule is CC(C)NC(C)(CCOC1CCC(C)C(C)C1)C(N)=O. The van der Waals surface area contributed by atoms with E-state index in [-0.39, 0.29) is 11.9 Å². The fraction of sp³-hybridized carbons (Fsp3) is 0.938. The van der Waals surface area contributed by atoms with Crippen molar-refractivity contribution in [1.29, 1.82) is 0 Å². The molecule has 1 rings (SSSR count).